The predicted octanol–water partition coefficient (Wildman–Crippen LogP) is 4.22. The van der Waals surface area contributed by atoms with E-state index in [0.717, 1.165) is 28.6 Å². The van der Waals surface area contributed by atoms with Crippen LogP contribution in [0.2, 0.25) is 0 Å². The summed E-state index contributed by atoms with van der Waals surface area (Å²) in [7, 11) is 0. The number of benzene rings is 2. The lowest BCUT2D eigenvalue weighted by Crippen LogP contribution is -1.97. The van der Waals surface area contributed by atoms with Gasteiger partial charge < -0.3 is 9.84 Å². The van der Waals surface area contributed by atoms with Crippen LogP contribution in [0, 0.1) is 0 Å². The quantitative estimate of drug-likeness (QED) is 0.635. The van der Waals surface area contributed by atoms with E-state index >= 15 is 0 Å². The standard InChI is InChI=1S/C16H15BrO3/c17-10-1-11-20-15-8-6-13(7-9-15)12-2-4-14(5-3-12)16(18)19/h2-9H,1,10-11H2,(H,18,19). The van der Waals surface area contributed by atoms with Crippen molar-refractivity contribution in [2.45, 2.75) is 6.42 Å². The number of hydrogen-bond acceptors (Lipinski definition) is 2. The van der Waals surface area contributed by atoms with Gasteiger partial charge in [-0.1, -0.05) is 40.2 Å². The Hall–Kier alpha value is -1.81. The van der Waals surface area contributed by atoms with Gasteiger partial charge in [-0.3, -0.25) is 0 Å². The number of hydrogen-bond donors (Lipinski definition) is 1. The van der Waals surface area contributed by atoms with E-state index in [-0.39, 0.29) is 0 Å². The summed E-state index contributed by atoms with van der Waals surface area (Å²) in [6, 6.07) is 14.6. The van der Waals surface area contributed by atoms with Crippen LogP contribution in [0.5, 0.6) is 5.75 Å². The SMILES string of the molecule is O=C(O)c1ccc(-c2ccc(OCCCBr)cc2)cc1. The Balaban J connectivity index is 2.07. The zero-order valence-electron chi connectivity index (χ0n) is 10.9. The third kappa shape index (κ3) is 3.84. The van der Waals surface area contributed by atoms with Gasteiger partial charge in [0.2, 0.25) is 0 Å². The third-order valence-electron chi connectivity index (χ3n) is 2.87. The largest absolute Gasteiger partial charge is 0.494 e. The second kappa shape index (κ2) is 7.10. The van der Waals surface area contributed by atoms with Crippen molar-refractivity contribution in [2.75, 3.05) is 11.9 Å². The number of carbonyl (C=O) groups is 1. The van der Waals surface area contributed by atoms with Gasteiger partial charge in [-0.2, -0.15) is 0 Å². The second-order valence-corrected chi connectivity index (χ2v) is 5.09. The molecule has 1 N–H and O–H groups in total. The Kier molecular flexibility index (Phi) is 5.18. The first kappa shape index (κ1) is 14.6. The minimum Gasteiger partial charge on any atom is -0.494 e. The summed E-state index contributed by atoms with van der Waals surface area (Å²) in [6.45, 7) is 0.692. The Morgan fingerprint density at radius 3 is 2.05 bits per heavy atom. The maximum Gasteiger partial charge on any atom is 0.335 e. The molecule has 2 aromatic carbocycles. The molecule has 3 nitrogen and oxygen atoms in total. The maximum atomic E-state index is 10.8. The molecular formula is C16H15BrO3. The molecule has 0 aliphatic heterocycles. The number of alkyl halides is 1. The summed E-state index contributed by atoms with van der Waals surface area (Å²) < 4.78 is 5.58. The van der Waals surface area contributed by atoms with Crippen LogP contribution in [-0.4, -0.2) is 23.0 Å². The first-order chi connectivity index (χ1) is 9.70. The van der Waals surface area contributed by atoms with E-state index in [9.17, 15) is 4.79 Å². The van der Waals surface area contributed by atoms with Gasteiger partial charge in [-0.05, 0) is 41.8 Å². The van der Waals surface area contributed by atoms with Gasteiger partial charge in [0.25, 0.3) is 0 Å². The van der Waals surface area contributed by atoms with Crippen molar-refractivity contribution in [3.05, 3.63) is 54.1 Å². The molecule has 0 aromatic heterocycles. The Bertz CT molecular complexity index is 561. The Labute approximate surface area is 126 Å². The van der Waals surface area contributed by atoms with Crippen LogP contribution in [0.15, 0.2) is 48.5 Å². The molecule has 0 fully saturated rings. The predicted molar refractivity (Wildman–Crippen MR) is 82.7 cm³/mol. The van der Waals surface area contributed by atoms with Crippen molar-refractivity contribution in [3.63, 3.8) is 0 Å². The van der Waals surface area contributed by atoms with Gasteiger partial charge in [0.1, 0.15) is 5.75 Å². The molecule has 0 atom stereocenters. The lowest BCUT2D eigenvalue weighted by atomic mass is 10.0. The van der Waals surface area contributed by atoms with Gasteiger partial charge in [-0.25, -0.2) is 4.79 Å². The van der Waals surface area contributed by atoms with Crippen molar-refractivity contribution in [2.24, 2.45) is 0 Å². The van der Waals surface area contributed by atoms with Crippen molar-refractivity contribution in [3.8, 4) is 16.9 Å². The molecule has 20 heavy (non-hydrogen) atoms. The summed E-state index contributed by atoms with van der Waals surface area (Å²) in [5, 5.41) is 9.80. The van der Waals surface area contributed by atoms with Gasteiger partial charge in [0.05, 0.1) is 12.2 Å². The fourth-order valence-electron chi connectivity index (χ4n) is 1.79. The van der Waals surface area contributed by atoms with E-state index in [2.05, 4.69) is 15.9 Å². The summed E-state index contributed by atoms with van der Waals surface area (Å²) in [5.41, 5.74) is 2.32. The summed E-state index contributed by atoms with van der Waals surface area (Å²) >= 11 is 3.36. The average Bonchev–Trinajstić information content (AvgIpc) is 2.48. The molecule has 4 heteroatoms. The van der Waals surface area contributed by atoms with Crippen LogP contribution < -0.4 is 4.74 Å². The van der Waals surface area contributed by atoms with Crippen molar-refractivity contribution < 1.29 is 14.6 Å². The Morgan fingerprint density at radius 2 is 1.55 bits per heavy atom. The highest BCUT2D eigenvalue weighted by Crippen LogP contribution is 2.23. The average molecular weight is 335 g/mol. The molecule has 0 saturated carbocycles. The summed E-state index contributed by atoms with van der Waals surface area (Å²) in [5.74, 6) is -0.0658. The van der Waals surface area contributed by atoms with E-state index in [1.54, 1.807) is 12.1 Å². The number of aromatic carboxylic acids is 1. The molecule has 0 heterocycles. The molecule has 0 radical (unpaired) electrons. The third-order valence-corrected chi connectivity index (χ3v) is 3.43. The molecular weight excluding hydrogens is 320 g/mol. The second-order valence-electron chi connectivity index (χ2n) is 4.30. The van der Waals surface area contributed by atoms with Crippen LogP contribution in [0.1, 0.15) is 16.8 Å². The number of halogens is 1. The first-order valence-corrected chi connectivity index (χ1v) is 7.45. The highest BCUT2D eigenvalue weighted by Gasteiger charge is 2.03. The molecule has 2 rings (SSSR count). The van der Waals surface area contributed by atoms with Gasteiger partial charge >= 0.3 is 5.97 Å². The molecule has 0 bridgehead atoms. The number of carboxylic acid groups (broad SMARTS) is 1. The smallest absolute Gasteiger partial charge is 0.335 e. The number of carboxylic acids is 1. The summed E-state index contributed by atoms with van der Waals surface area (Å²) in [6.07, 6.45) is 0.971. The van der Waals surface area contributed by atoms with E-state index in [4.69, 9.17) is 9.84 Å². The first-order valence-electron chi connectivity index (χ1n) is 6.33. The van der Waals surface area contributed by atoms with Gasteiger partial charge in [0.15, 0.2) is 0 Å². The zero-order valence-corrected chi connectivity index (χ0v) is 12.5. The topological polar surface area (TPSA) is 46.5 Å². The zero-order chi connectivity index (χ0) is 14.4. The molecule has 0 aliphatic rings. The minimum atomic E-state index is -0.910. The molecule has 0 spiro atoms. The molecule has 0 amide bonds. The number of rotatable bonds is 6. The molecule has 104 valence electrons. The minimum absolute atomic E-state index is 0.295. The van der Waals surface area contributed by atoms with Gasteiger partial charge in [0, 0.05) is 5.33 Å². The van der Waals surface area contributed by atoms with E-state index in [0.29, 0.717) is 12.2 Å². The lowest BCUT2D eigenvalue weighted by molar-refractivity contribution is 0.0697. The van der Waals surface area contributed by atoms with Crippen LogP contribution >= 0.6 is 15.9 Å². The molecule has 0 saturated heterocycles. The van der Waals surface area contributed by atoms with Crippen LogP contribution in [0.3, 0.4) is 0 Å². The molecule has 0 unspecified atom stereocenters. The highest BCUT2D eigenvalue weighted by molar-refractivity contribution is 9.09. The highest BCUT2D eigenvalue weighted by atomic mass is 79.9. The van der Waals surface area contributed by atoms with Crippen LogP contribution in [-0.2, 0) is 0 Å². The van der Waals surface area contributed by atoms with E-state index < -0.39 is 5.97 Å². The van der Waals surface area contributed by atoms with Crippen molar-refractivity contribution >= 4 is 21.9 Å². The fourth-order valence-corrected chi connectivity index (χ4v) is 2.02. The van der Waals surface area contributed by atoms with Gasteiger partial charge in [-0.15, -0.1) is 0 Å². The van der Waals surface area contributed by atoms with E-state index in [1.165, 1.54) is 0 Å². The molecule has 0 aliphatic carbocycles. The molecule has 2 aromatic rings. The summed E-state index contributed by atoms with van der Waals surface area (Å²) in [4.78, 5) is 10.8. The fraction of sp³-hybridized carbons (Fsp3) is 0.188. The number of ether oxygens (including phenoxy) is 1. The van der Waals surface area contributed by atoms with Crippen LogP contribution in [0.4, 0.5) is 0 Å². The maximum absolute atomic E-state index is 10.8. The van der Waals surface area contributed by atoms with Crippen molar-refractivity contribution in [1.29, 1.82) is 0 Å². The monoisotopic (exact) mass is 334 g/mol. The van der Waals surface area contributed by atoms with E-state index in [1.807, 2.05) is 36.4 Å². The Morgan fingerprint density at radius 1 is 1.00 bits per heavy atom. The normalized spacial score (nSPS) is 10.2. The lowest BCUT2D eigenvalue weighted by Gasteiger charge is -2.07. The van der Waals surface area contributed by atoms with Crippen LogP contribution in [0.25, 0.3) is 11.1 Å². The van der Waals surface area contributed by atoms with Crippen molar-refractivity contribution in [1.82, 2.24) is 0 Å².